The molecule has 0 saturated carbocycles. The van der Waals surface area contributed by atoms with Crippen LogP contribution in [0.2, 0.25) is 0 Å². The number of thiazole rings is 1. The van der Waals surface area contributed by atoms with Crippen LogP contribution >= 0.6 is 35.1 Å². The number of hydrogen-bond donors (Lipinski definition) is 0. The largest absolute Gasteiger partial charge is 0.308 e. The van der Waals surface area contributed by atoms with Gasteiger partial charge in [-0.05, 0) is 50.5 Å². The summed E-state index contributed by atoms with van der Waals surface area (Å²) in [5.74, 6) is -0.791. The Morgan fingerprint density at radius 1 is 1.18 bits per heavy atom. The molecule has 0 radical (unpaired) electrons. The number of nitrogens with zero attached hydrogens (tertiary/aromatic N) is 4. The van der Waals surface area contributed by atoms with Crippen molar-refractivity contribution in [2.24, 2.45) is 5.92 Å². The van der Waals surface area contributed by atoms with Gasteiger partial charge in [-0.25, -0.2) is 17.8 Å². The Kier molecular flexibility index (Phi) is 8.46. The summed E-state index contributed by atoms with van der Waals surface area (Å²) in [6, 6.07) is 8.11. The lowest BCUT2D eigenvalue weighted by Crippen LogP contribution is -2.45. The number of hydrogen-bond acceptors (Lipinski definition) is 7. The molecule has 0 N–H and O–H groups in total. The van der Waals surface area contributed by atoms with E-state index in [1.807, 2.05) is 19.0 Å². The smallest absolute Gasteiger partial charge is 0.252 e. The summed E-state index contributed by atoms with van der Waals surface area (Å²) < 4.78 is 42.2. The van der Waals surface area contributed by atoms with Crippen LogP contribution in [0.4, 0.5) is 9.52 Å². The number of anilines is 1. The topological polar surface area (TPSA) is 73.8 Å². The van der Waals surface area contributed by atoms with Crippen molar-refractivity contribution in [1.29, 1.82) is 0 Å². The predicted molar refractivity (Wildman–Crippen MR) is 134 cm³/mol. The number of para-hydroxylation sites is 1. The van der Waals surface area contributed by atoms with Crippen LogP contribution in [0.15, 0.2) is 39.9 Å². The summed E-state index contributed by atoms with van der Waals surface area (Å²) in [6.07, 6.45) is 0.891. The number of piperidine rings is 1. The normalized spacial score (nSPS) is 15.6. The lowest BCUT2D eigenvalue weighted by atomic mass is 9.96. The van der Waals surface area contributed by atoms with Gasteiger partial charge in [0.05, 0.1) is 4.70 Å². The molecule has 2 aromatic heterocycles. The van der Waals surface area contributed by atoms with Crippen molar-refractivity contribution in [3.63, 3.8) is 0 Å². The fraction of sp³-hybridized carbons (Fsp3) is 0.429. The summed E-state index contributed by atoms with van der Waals surface area (Å²) in [4.78, 5) is 21.5. The molecule has 1 fully saturated rings. The number of rotatable bonds is 7. The van der Waals surface area contributed by atoms with Crippen LogP contribution in [0.5, 0.6) is 0 Å². The van der Waals surface area contributed by atoms with Gasteiger partial charge in [-0.3, -0.25) is 9.69 Å². The lowest BCUT2D eigenvalue weighted by Gasteiger charge is -2.33. The van der Waals surface area contributed by atoms with Crippen LogP contribution in [-0.2, 0) is 14.8 Å². The molecule has 0 spiro atoms. The summed E-state index contributed by atoms with van der Waals surface area (Å²) in [7, 11) is 0.335. The minimum Gasteiger partial charge on any atom is -0.308 e. The average molecular weight is 533 g/mol. The number of benzene rings is 1. The van der Waals surface area contributed by atoms with Crippen LogP contribution in [0.25, 0.3) is 10.2 Å². The number of likely N-dealkylation sites (N-methyl/N-ethyl adjacent to an activating group) is 1. The van der Waals surface area contributed by atoms with E-state index < -0.39 is 15.8 Å². The minimum atomic E-state index is -3.52. The summed E-state index contributed by atoms with van der Waals surface area (Å²) >= 11 is 2.50. The third-order valence-electron chi connectivity index (χ3n) is 5.52. The Hall–Kier alpha value is -1.63. The average Bonchev–Trinajstić information content (AvgIpc) is 3.45. The minimum absolute atomic E-state index is 0. The molecule has 4 rings (SSSR count). The third-order valence-corrected chi connectivity index (χ3v) is 9.83. The van der Waals surface area contributed by atoms with Crippen LogP contribution in [0, 0.1) is 11.7 Å². The van der Waals surface area contributed by atoms with Gasteiger partial charge in [-0.2, -0.15) is 4.31 Å². The van der Waals surface area contributed by atoms with Gasteiger partial charge < -0.3 is 4.90 Å². The number of carbonyl (C=O) groups excluding carboxylic acids is 1. The maximum Gasteiger partial charge on any atom is 0.252 e. The van der Waals surface area contributed by atoms with E-state index in [4.69, 9.17) is 0 Å². The highest BCUT2D eigenvalue weighted by Gasteiger charge is 2.35. The van der Waals surface area contributed by atoms with Crippen LogP contribution < -0.4 is 4.90 Å². The molecule has 0 atom stereocenters. The number of sulfonamides is 1. The van der Waals surface area contributed by atoms with E-state index in [0.717, 1.165) is 0 Å². The van der Waals surface area contributed by atoms with Crippen molar-refractivity contribution < 1.29 is 17.6 Å². The number of thiophene rings is 1. The molecule has 7 nitrogen and oxygen atoms in total. The van der Waals surface area contributed by atoms with Gasteiger partial charge in [0.25, 0.3) is 10.0 Å². The van der Waals surface area contributed by atoms with E-state index in [0.29, 0.717) is 53.1 Å². The molecule has 1 saturated heterocycles. The zero-order valence-electron chi connectivity index (χ0n) is 18.3. The molecular formula is C21H26ClFN4O3S3. The first-order valence-electron chi connectivity index (χ1n) is 10.3. The molecule has 0 unspecified atom stereocenters. The lowest BCUT2D eigenvalue weighted by molar-refractivity contribution is -0.123. The SMILES string of the molecule is CN(C)CCN(C(=O)C1CCN(S(=O)(=O)c2cccs2)CC1)c1nc2c(F)cccc2s1.Cl. The highest BCUT2D eigenvalue weighted by molar-refractivity contribution is 7.91. The van der Waals surface area contributed by atoms with Gasteiger partial charge >= 0.3 is 0 Å². The Morgan fingerprint density at radius 2 is 1.91 bits per heavy atom. The fourth-order valence-electron chi connectivity index (χ4n) is 3.72. The number of carbonyl (C=O) groups is 1. The van der Waals surface area contributed by atoms with E-state index >= 15 is 0 Å². The molecule has 3 aromatic rings. The molecule has 3 heterocycles. The molecule has 0 aliphatic carbocycles. The molecule has 0 bridgehead atoms. The molecule has 180 valence electrons. The first-order valence-corrected chi connectivity index (χ1v) is 13.5. The van der Waals surface area contributed by atoms with Gasteiger partial charge in [0.1, 0.15) is 15.5 Å². The van der Waals surface area contributed by atoms with Crippen LogP contribution in [0.1, 0.15) is 12.8 Å². The van der Waals surface area contributed by atoms with Crippen LogP contribution in [-0.4, -0.2) is 68.8 Å². The predicted octanol–water partition coefficient (Wildman–Crippen LogP) is 3.91. The van der Waals surface area contributed by atoms with E-state index in [2.05, 4.69) is 4.98 Å². The second kappa shape index (κ2) is 10.7. The van der Waals surface area contributed by atoms with Crippen molar-refractivity contribution in [2.45, 2.75) is 17.1 Å². The molecule has 12 heteroatoms. The number of fused-ring (bicyclic) bond motifs is 1. The Balaban J connectivity index is 0.00000306. The van der Waals surface area contributed by atoms with Gasteiger partial charge in [0.15, 0.2) is 5.13 Å². The zero-order chi connectivity index (χ0) is 22.9. The number of halogens is 2. The monoisotopic (exact) mass is 532 g/mol. The van der Waals surface area contributed by atoms with Gasteiger partial charge in [-0.15, -0.1) is 23.7 Å². The summed E-state index contributed by atoms with van der Waals surface area (Å²) in [5.41, 5.74) is 0.270. The van der Waals surface area contributed by atoms with Crippen molar-refractivity contribution in [2.75, 3.05) is 45.2 Å². The molecule has 1 aromatic carbocycles. The standard InChI is InChI=1S/C21H25FN4O3S3.ClH/c1-24(2)12-13-26(21-23-19-16(22)5-3-6-17(19)31-21)20(27)15-8-10-25(11-9-15)32(28,29)18-7-4-14-30-18;/h3-7,14-15H,8-13H2,1-2H3;1H. The van der Waals surface area contributed by atoms with Crippen molar-refractivity contribution >= 4 is 66.4 Å². The Labute approximate surface area is 207 Å². The van der Waals surface area contributed by atoms with Crippen molar-refractivity contribution in [3.05, 3.63) is 41.5 Å². The Morgan fingerprint density at radius 3 is 2.52 bits per heavy atom. The van der Waals surface area contributed by atoms with E-state index in [1.165, 1.54) is 33.0 Å². The van der Waals surface area contributed by atoms with Gasteiger partial charge in [-0.1, -0.05) is 23.5 Å². The highest BCUT2D eigenvalue weighted by Crippen LogP contribution is 2.33. The van der Waals surface area contributed by atoms with E-state index in [9.17, 15) is 17.6 Å². The second-order valence-corrected chi connectivity index (χ2v) is 12.1. The highest BCUT2D eigenvalue weighted by atomic mass is 35.5. The Bertz CT molecular complexity index is 1190. The molecule has 1 aliphatic heterocycles. The molecular weight excluding hydrogens is 507 g/mol. The second-order valence-electron chi connectivity index (χ2n) is 7.99. The zero-order valence-corrected chi connectivity index (χ0v) is 21.6. The van der Waals surface area contributed by atoms with E-state index in [1.54, 1.807) is 34.5 Å². The summed E-state index contributed by atoms with van der Waals surface area (Å²) in [5, 5.41) is 2.22. The maximum atomic E-state index is 14.2. The van der Waals surface area contributed by atoms with Gasteiger partial charge in [0.2, 0.25) is 5.91 Å². The van der Waals surface area contributed by atoms with Crippen molar-refractivity contribution in [1.82, 2.24) is 14.2 Å². The molecule has 1 aliphatic rings. The van der Waals surface area contributed by atoms with Crippen molar-refractivity contribution in [3.8, 4) is 0 Å². The number of amides is 1. The first kappa shape index (κ1) is 26.0. The maximum absolute atomic E-state index is 14.2. The third kappa shape index (κ3) is 5.55. The van der Waals surface area contributed by atoms with Crippen LogP contribution in [0.3, 0.4) is 0 Å². The van der Waals surface area contributed by atoms with E-state index in [-0.39, 0.29) is 29.7 Å². The summed E-state index contributed by atoms with van der Waals surface area (Å²) in [6.45, 7) is 1.66. The van der Waals surface area contributed by atoms with Gasteiger partial charge in [0, 0.05) is 32.1 Å². The quantitative estimate of drug-likeness (QED) is 0.461. The fourth-order valence-corrected chi connectivity index (χ4v) is 7.35. The number of aromatic nitrogens is 1. The molecule has 1 amide bonds. The molecule has 33 heavy (non-hydrogen) atoms. The first-order chi connectivity index (χ1) is 15.3.